The maximum absolute atomic E-state index is 5.53. The molecule has 0 atom stereocenters. The average molecular weight is 302 g/mol. The highest BCUT2D eigenvalue weighted by atomic mass is 32.1. The molecule has 0 saturated heterocycles. The zero-order valence-electron chi connectivity index (χ0n) is 10.7. The van der Waals surface area contributed by atoms with Crippen molar-refractivity contribution >= 4 is 28.6 Å². The highest BCUT2D eigenvalue weighted by Gasteiger charge is 2.09. The van der Waals surface area contributed by atoms with Crippen molar-refractivity contribution in [1.82, 2.24) is 9.97 Å². The van der Waals surface area contributed by atoms with E-state index in [2.05, 4.69) is 38.2 Å². The van der Waals surface area contributed by atoms with E-state index in [1.807, 2.05) is 18.2 Å². The minimum atomic E-state index is 0.556. The largest absolute Gasteiger partial charge is 0.353 e. The predicted octanol–water partition coefficient (Wildman–Crippen LogP) is 3.30. The Kier molecular flexibility index (Phi) is 4.05. The molecule has 0 spiro atoms. The minimum absolute atomic E-state index is 0.556. The van der Waals surface area contributed by atoms with Crippen molar-refractivity contribution < 1.29 is 0 Å². The molecule has 0 amide bonds. The zero-order chi connectivity index (χ0) is 13.8. The number of nitrogens with one attached hydrogen (secondary N) is 1. The Balaban J connectivity index is 2.03. The number of rotatable bonds is 5. The van der Waals surface area contributed by atoms with Crippen LogP contribution < -0.4 is 11.1 Å². The van der Waals surface area contributed by atoms with Gasteiger partial charge in [-0.05, 0) is 29.0 Å². The molecule has 0 radical (unpaired) electrons. The van der Waals surface area contributed by atoms with Gasteiger partial charge in [-0.1, -0.05) is 12.1 Å². The van der Waals surface area contributed by atoms with Crippen molar-refractivity contribution in [3.8, 4) is 21.1 Å². The van der Waals surface area contributed by atoms with Gasteiger partial charge in [-0.25, -0.2) is 9.97 Å². The normalized spacial score (nSPS) is 10.7. The van der Waals surface area contributed by atoms with Crippen molar-refractivity contribution in [3.63, 3.8) is 0 Å². The fourth-order valence-corrected chi connectivity index (χ4v) is 3.18. The first-order valence-electron chi connectivity index (χ1n) is 6.27. The van der Waals surface area contributed by atoms with Gasteiger partial charge in [-0.2, -0.15) is 0 Å². The second-order valence-corrected chi connectivity index (χ2v) is 6.03. The number of anilines is 1. The molecular weight excluding hydrogens is 288 g/mol. The van der Waals surface area contributed by atoms with Crippen molar-refractivity contribution in [2.45, 2.75) is 0 Å². The lowest BCUT2D eigenvalue weighted by atomic mass is 10.2. The molecule has 3 rings (SSSR count). The fourth-order valence-electron chi connectivity index (χ4n) is 1.81. The number of hydrogen-bond donors (Lipinski definition) is 2. The summed E-state index contributed by atoms with van der Waals surface area (Å²) in [4.78, 5) is 11.4. The van der Waals surface area contributed by atoms with Gasteiger partial charge >= 0.3 is 0 Å². The third kappa shape index (κ3) is 2.87. The van der Waals surface area contributed by atoms with Crippen molar-refractivity contribution in [2.24, 2.45) is 5.73 Å². The smallest absolute Gasteiger partial charge is 0.223 e. The van der Waals surface area contributed by atoms with E-state index >= 15 is 0 Å². The van der Waals surface area contributed by atoms with Crippen LogP contribution in [-0.4, -0.2) is 23.1 Å². The summed E-state index contributed by atoms with van der Waals surface area (Å²) in [5.41, 5.74) is 7.41. The van der Waals surface area contributed by atoms with Gasteiger partial charge in [0.25, 0.3) is 0 Å². The highest BCUT2D eigenvalue weighted by Crippen LogP contribution is 2.29. The van der Waals surface area contributed by atoms with Crippen molar-refractivity contribution in [3.05, 3.63) is 41.1 Å². The van der Waals surface area contributed by atoms with Crippen LogP contribution in [0.1, 0.15) is 0 Å². The van der Waals surface area contributed by atoms with E-state index in [0.29, 0.717) is 19.0 Å². The average Bonchev–Trinajstić information content (AvgIpc) is 3.17. The van der Waals surface area contributed by atoms with E-state index in [9.17, 15) is 0 Å². The fraction of sp³-hybridized carbons (Fsp3) is 0.143. The lowest BCUT2D eigenvalue weighted by Gasteiger charge is -2.07. The van der Waals surface area contributed by atoms with Gasteiger partial charge in [0.2, 0.25) is 5.95 Å². The van der Waals surface area contributed by atoms with Crippen LogP contribution in [0.4, 0.5) is 5.95 Å². The molecular formula is C14H14N4S2. The molecule has 0 aliphatic heterocycles. The van der Waals surface area contributed by atoms with Gasteiger partial charge in [0.1, 0.15) is 0 Å². The molecule has 0 unspecified atom stereocenters. The molecule has 0 saturated carbocycles. The Morgan fingerprint density at radius 3 is 2.05 bits per heavy atom. The topological polar surface area (TPSA) is 63.8 Å². The Hall–Kier alpha value is -1.76. The van der Waals surface area contributed by atoms with Crippen LogP contribution in [0.3, 0.4) is 0 Å². The van der Waals surface area contributed by atoms with Crippen LogP contribution in [-0.2, 0) is 0 Å². The Morgan fingerprint density at radius 1 is 1.00 bits per heavy atom. The Bertz CT molecular complexity index is 610. The van der Waals surface area contributed by atoms with Gasteiger partial charge < -0.3 is 11.1 Å². The predicted molar refractivity (Wildman–Crippen MR) is 86.2 cm³/mol. The summed E-state index contributed by atoms with van der Waals surface area (Å²) >= 11 is 3.35. The molecule has 20 heavy (non-hydrogen) atoms. The number of nitrogens with two attached hydrogens (primary N) is 1. The van der Waals surface area contributed by atoms with Gasteiger partial charge in [0.05, 0.1) is 21.1 Å². The lowest BCUT2D eigenvalue weighted by Crippen LogP contribution is -2.15. The molecule has 0 bridgehead atoms. The first kappa shape index (κ1) is 13.2. The van der Waals surface area contributed by atoms with E-state index < -0.39 is 0 Å². The monoisotopic (exact) mass is 302 g/mol. The summed E-state index contributed by atoms with van der Waals surface area (Å²) in [5, 5.41) is 7.26. The van der Waals surface area contributed by atoms with Crippen LogP contribution in [0, 0.1) is 0 Å². The Labute approximate surface area is 125 Å². The summed E-state index contributed by atoms with van der Waals surface area (Å²) in [6, 6.07) is 10.2. The number of nitrogens with zero attached hydrogens (tertiary/aromatic N) is 2. The van der Waals surface area contributed by atoms with Gasteiger partial charge in [-0.15, -0.1) is 22.7 Å². The van der Waals surface area contributed by atoms with Gasteiger partial charge in [-0.3, -0.25) is 0 Å². The molecule has 4 nitrogen and oxygen atoms in total. The molecule has 0 aromatic carbocycles. The van der Waals surface area contributed by atoms with E-state index in [0.717, 1.165) is 21.1 Å². The van der Waals surface area contributed by atoms with Crippen molar-refractivity contribution in [2.75, 3.05) is 18.4 Å². The van der Waals surface area contributed by atoms with Gasteiger partial charge in [0.15, 0.2) is 0 Å². The second-order valence-electron chi connectivity index (χ2n) is 4.13. The maximum atomic E-state index is 5.53. The number of hydrogen-bond acceptors (Lipinski definition) is 6. The zero-order valence-corrected chi connectivity index (χ0v) is 12.4. The standard InChI is InChI=1S/C14H14N4S2/c15-5-6-16-14-17-10(12-3-1-7-19-12)9-11(18-14)13-4-2-8-20-13/h1-4,7-9H,5-6,15H2,(H,16,17,18). The van der Waals surface area contributed by atoms with Gasteiger partial charge in [0, 0.05) is 13.1 Å². The third-order valence-corrected chi connectivity index (χ3v) is 4.49. The second kappa shape index (κ2) is 6.13. The van der Waals surface area contributed by atoms with Crippen LogP contribution in [0.15, 0.2) is 41.1 Å². The van der Waals surface area contributed by atoms with E-state index in [1.54, 1.807) is 22.7 Å². The van der Waals surface area contributed by atoms with E-state index in [-0.39, 0.29) is 0 Å². The van der Waals surface area contributed by atoms with Crippen LogP contribution in [0.25, 0.3) is 21.1 Å². The SMILES string of the molecule is NCCNc1nc(-c2cccs2)cc(-c2cccs2)n1. The van der Waals surface area contributed by atoms with E-state index in [1.165, 1.54) is 0 Å². The molecule has 3 aromatic heterocycles. The minimum Gasteiger partial charge on any atom is -0.353 e. The molecule has 3 aromatic rings. The summed E-state index contributed by atoms with van der Waals surface area (Å²) in [7, 11) is 0. The molecule has 0 fully saturated rings. The molecule has 3 N–H and O–H groups in total. The summed E-state index contributed by atoms with van der Waals surface area (Å²) in [6.45, 7) is 1.22. The molecule has 0 aliphatic carbocycles. The maximum Gasteiger partial charge on any atom is 0.223 e. The number of aromatic nitrogens is 2. The quantitative estimate of drug-likeness (QED) is 0.759. The van der Waals surface area contributed by atoms with E-state index in [4.69, 9.17) is 5.73 Å². The first-order valence-corrected chi connectivity index (χ1v) is 8.03. The molecule has 3 heterocycles. The molecule has 102 valence electrons. The third-order valence-electron chi connectivity index (χ3n) is 2.70. The summed E-state index contributed by atoms with van der Waals surface area (Å²) in [5.74, 6) is 0.629. The number of thiophene rings is 2. The summed E-state index contributed by atoms with van der Waals surface area (Å²) in [6.07, 6.45) is 0. The van der Waals surface area contributed by atoms with Crippen LogP contribution in [0.5, 0.6) is 0 Å². The Morgan fingerprint density at radius 2 is 1.60 bits per heavy atom. The summed E-state index contributed by atoms with van der Waals surface area (Å²) < 4.78 is 0. The van der Waals surface area contributed by atoms with Crippen LogP contribution in [0.2, 0.25) is 0 Å². The van der Waals surface area contributed by atoms with Crippen molar-refractivity contribution in [1.29, 1.82) is 0 Å². The first-order chi connectivity index (χ1) is 9.86. The highest BCUT2D eigenvalue weighted by molar-refractivity contribution is 7.14. The molecule has 6 heteroatoms. The molecule has 0 aliphatic rings. The lowest BCUT2D eigenvalue weighted by molar-refractivity contribution is 0.992. The van der Waals surface area contributed by atoms with Crippen LogP contribution >= 0.6 is 22.7 Å².